The summed E-state index contributed by atoms with van der Waals surface area (Å²) in [5, 5.41) is 0. The van der Waals surface area contributed by atoms with E-state index in [1.54, 1.807) is 7.11 Å². The van der Waals surface area contributed by atoms with Crippen LogP contribution in [0.25, 0.3) is 0 Å². The SMILES string of the molecule is COc1ccc(CN2CCN(C(=O)C3CCC3)CC2)cn1. The molecule has 0 N–H and O–H groups in total. The Morgan fingerprint density at radius 3 is 2.57 bits per heavy atom. The zero-order chi connectivity index (χ0) is 14.7. The highest BCUT2D eigenvalue weighted by atomic mass is 16.5. The van der Waals surface area contributed by atoms with Crippen molar-refractivity contribution in [3.05, 3.63) is 23.9 Å². The second-order valence-electron chi connectivity index (χ2n) is 5.94. The molecule has 0 unspecified atom stereocenters. The van der Waals surface area contributed by atoms with E-state index < -0.39 is 0 Å². The number of amides is 1. The van der Waals surface area contributed by atoms with Crippen LogP contribution >= 0.6 is 0 Å². The minimum atomic E-state index is 0.322. The van der Waals surface area contributed by atoms with Crippen molar-refractivity contribution in [1.82, 2.24) is 14.8 Å². The van der Waals surface area contributed by atoms with E-state index >= 15 is 0 Å². The van der Waals surface area contributed by atoms with Crippen molar-refractivity contribution in [1.29, 1.82) is 0 Å². The van der Waals surface area contributed by atoms with E-state index in [4.69, 9.17) is 4.74 Å². The van der Waals surface area contributed by atoms with Gasteiger partial charge in [-0.3, -0.25) is 9.69 Å². The van der Waals surface area contributed by atoms with Crippen LogP contribution in [-0.4, -0.2) is 54.0 Å². The highest BCUT2D eigenvalue weighted by Gasteiger charge is 2.31. The molecule has 1 amide bonds. The van der Waals surface area contributed by atoms with Crippen LogP contribution in [0.4, 0.5) is 0 Å². The van der Waals surface area contributed by atoms with Crippen LogP contribution in [0, 0.1) is 5.92 Å². The molecule has 1 aromatic rings. The summed E-state index contributed by atoms with van der Waals surface area (Å²) in [4.78, 5) is 20.9. The highest BCUT2D eigenvalue weighted by Crippen LogP contribution is 2.28. The molecule has 2 fully saturated rings. The quantitative estimate of drug-likeness (QED) is 0.843. The molecule has 3 rings (SSSR count). The molecule has 21 heavy (non-hydrogen) atoms. The Labute approximate surface area is 125 Å². The van der Waals surface area contributed by atoms with Gasteiger partial charge in [0.15, 0.2) is 0 Å². The molecule has 2 aliphatic rings. The predicted octanol–water partition coefficient (Wildman–Crippen LogP) is 1.53. The lowest BCUT2D eigenvalue weighted by atomic mass is 9.84. The third-order valence-electron chi connectivity index (χ3n) is 4.55. The first kappa shape index (κ1) is 14.3. The van der Waals surface area contributed by atoms with Gasteiger partial charge in [-0.2, -0.15) is 0 Å². The first-order valence-corrected chi connectivity index (χ1v) is 7.76. The standard InChI is InChI=1S/C16H23N3O2/c1-21-15-6-5-13(11-17-15)12-18-7-9-19(10-8-18)16(20)14-3-2-4-14/h5-6,11,14H,2-4,7-10,12H2,1H3. The van der Waals surface area contributed by atoms with Gasteiger partial charge in [-0.1, -0.05) is 12.5 Å². The third-order valence-corrected chi connectivity index (χ3v) is 4.55. The Morgan fingerprint density at radius 2 is 2.05 bits per heavy atom. The average Bonchev–Trinajstić information content (AvgIpc) is 2.47. The molecule has 2 heterocycles. The molecule has 1 aliphatic heterocycles. The number of rotatable bonds is 4. The molecule has 0 aromatic carbocycles. The Bertz CT molecular complexity index is 477. The van der Waals surface area contributed by atoms with Crippen LogP contribution in [0.15, 0.2) is 18.3 Å². The van der Waals surface area contributed by atoms with E-state index in [-0.39, 0.29) is 0 Å². The normalized spacial score (nSPS) is 20.1. The fraction of sp³-hybridized carbons (Fsp3) is 0.625. The van der Waals surface area contributed by atoms with E-state index in [1.807, 2.05) is 17.2 Å². The predicted molar refractivity (Wildman–Crippen MR) is 80.0 cm³/mol. The van der Waals surface area contributed by atoms with Crippen LogP contribution in [0.2, 0.25) is 0 Å². The summed E-state index contributed by atoms with van der Waals surface area (Å²) >= 11 is 0. The number of pyridine rings is 1. The van der Waals surface area contributed by atoms with E-state index in [2.05, 4.69) is 16.0 Å². The van der Waals surface area contributed by atoms with Crippen LogP contribution in [0.3, 0.4) is 0 Å². The molecule has 5 nitrogen and oxygen atoms in total. The van der Waals surface area contributed by atoms with Crippen LogP contribution < -0.4 is 4.74 Å². The third kappa shape index (κ3) is 3.35. The Kier molecular flexibility index (Phi) is 4.39. The van der Waals surface area contributed by atoms with Gasteiger partial charge in [0.2, 0.25) is 11.8 Å². The fourth-order valence-electron chi connectivity index (χ4n) is 2.92. The number of methoxy groups -OCH3 is 1. The number of nitrogens with zero attached hydrogens (tertiary/aromatic N) is 3. The molecule has 0 atom stereocenters. The maximum absolute atomic E-state index is 12.2. The van der Waals surface area contributed by atoms with Crippen molar-refractivity contribution in [3.63, 3.8) is 0 Å². The van der Waals surface area contributed by atoms with Gasteiger partial charge in [-0.15, -0.1) is 0 Å². The lowest BCUT2D eigenvalue weighted by molar-refractivity contribution is -0.140. The summed E-state index contributed by atoms with van der Waals surface area (Å²) in [7, 11) is 1.63. The molecular weight excluding hydrogens is 266 g/mol. The summed E-state index contributed by atoms with van der Waals surface area (Å²) < 4.78 is 5.07. The Morgan fingerprint density at radius 1 is 1.29 bits per heavy atom. The first-order valence-electron chi connectivity index (χ1n) is 7.76. The van der Waals surface area contributed by atoms with Gasteiger partial charge < -0.3 is 9.64 Å². The number of hydrogen-bond donors (Lipinski definition) is 0. The molecule has 1 saturated carbocycles. The van der Waals surface area contributed by atoms with Crippen LogP contribution in [0.1, 0.15) is 24.8 Å². The molecule has 114 valence electrons. The van der Waals surface area contributed by atoms with E-state index in [0.29, 0.717) is 17.7 Å². The lowest BCUT2D eigenvalue weighted by Gasteiger charge is -2.38. The molecule has 1 aromatic heterocycles. The molecule has 5 heteroatoms. The number of ether oxygens (including phenoxy) is 1. The van der Waals surface area contributed by atoms with Gasteiger partial charge >= 0.3 is 0 Å². The topological polar surface area (TPSA) is 45.7 Å². The van der Waals surface area contributed by atoms with E-state index in [0.717, 1.165) is 45.6 Å². The summed E-state index contributed by atoms with van der Waals surface area (Å²) in [6, 6.07) is 3.95. The lowest BCUT2D eigenvalue weighted by Crippen LogP contribution is -2.50. The van der Waals surface area contributed by atoms with Crippen molar-refractivity contribution in [2.24, 2.45) is 5.92 Å². The van der Waals surface area contributed by atoms with Gasteiger partial charge in [0.25, 0.3) is 0 Å². The number of hydrogen-bond acceptors (Lipinski definition) is 4. The van der Waals surface area contributed by atoms with Crippen LogP contribution in [0.5, 0.6) is 5.88 Å². The second kappa shape index (κ2) is 6.43. The van der Waals surface area contributed by atoms with Gasteiger partial charge in [-0.25, -0.2) is 4.98 Å². The summed E-state index contributed by atoms with van der Waals surface area (Å²) in [6.07, 6.45) is 5.28. The Hall–Kier alpha value is -1.62. The van der Waals surface area contributed by atoms with E-state index in [9.17, 15) is 4.79 Å². The molecule has 1 aliphatic carbocycles. The minimum absolute atomic E-state index is 0.322. The maximum Gasteiger partial charge on any atom is 0.225 e. The Balaban J connectivity index is 1.47. The zero-order valence-corrected chi connectivity index (χ0v) is 12.6. The maximum atomic E-state index is 12.2. The zero-order valence-electron chi connectivity index (χ0n) is 12.6. The smallest absolute Gasteiger partial charge is 0.225 e. The van der Waals surface area contributed by atoms with Gasteiger partial charge in [-0.05, 0) is 18.4 Å². The monoisotopic (exact) mass is 289 g/mol. The summed E-state index contributed by atoms with van der Waals surface area (Å²) in [5.74, 6) is 1.35. The van der Waals surface area contributed by atoms with Crippen molar-refractivity contribution >= 4 is 5.91 Å². The fourth-order valence-corrected chi connectivity index (χ4v) is 2.92. The molecule has 1 saturated heterocycles. The first-order chi connectivity index (χ1) is 10.3. The van der Waals surface area contributed by atoms with Gasteiger partial charge in [0.1, 0.15) is 0 Å². The second-order valence-corrected chi connectivity index (χ2v) is 5.94. The molecule has 0 spiro atoms. The van der Waals surface area contributed by atoms with Crippen molar-refractivity contribution in [3.8, 4) is 5.88 Å². The average molecular weight is 289 g/mol. The number of aromatic nitrogens is 1. The van der Waals surface area contributed by atoms with Crippen molar-refractivity contribution in [2.45, 2.75) is 25.8 Å². The number of piperazine rings is 1. The largest absolute Gasteiger partial charge is 0.481 e. The van der Waals surface area contributed by atoms with Crippen LogP contribution in [-0.2, 0) is 11.3 Å². The molecule has 0 bridgehead atoms. The van der Waals surface area contributed by atoms with Crippen molar-refractivity contribution < 1.29 is 9.53 Å². The highest BCUT2D eigenvalue weighted by molar-refractivity contribution is 5.79. The van der Waals surface area contributed by atoms with Crippen molar-refractivity contribution in [2.75, 3.05) is 33.3 Å². The summed E-state index contributed by atoms with van der Waals surface area (Å²) in [6.45, 7) is 4.51. The van der Waals surface area contributed by atoms with Gasteiger partial charge in [0.05, 0.1) is 7.11 Å². The molecule has 0 radical (unpaired) electrons. The summed E-state index contributed by atoms with van der Waals surface area (Å²) in [5.41, 5.74) is 1.19. The van der Waals surface area contributed by atoms with E-state index in [1.165, 1.54) is 12.0 Å². The number of carbonyl (C=O) groups excluding carboxylic acids is 1. The number of carbonyl (C=O) groups is 1. The minimum Gasteiger partial charge on any atom is -0.481 e. The molecular formula is C16H23N3O2. The van der Waals surface area contributed by atoms with Gasteiger partial charge in [0, 0.05) is 50.9 Å².